The van der Waals surface area contributed by atoms with E-state index < -0.39 is 41.7 Å². The van der Waals surface area contributed by atoms with Crippen molar-refractivity contribution in [2.75, 3.05) is 27.9 Å². The van der Waals surface area contributed by atoms with Crippen LogP contribution in [0.25, 0.3) is 0 Å². The second kappa shape index (κ2) is 8.77. The van der Waals surface area contributed by atoms with E-state index in [2.05, 4.69) is 0 Å². The molecule has 0 aromatic carbocycles. The maximum absolute atomic E-state index is 12.1. The van der Waals surface area contributed by atoms with Crippen molar-refractivity contribution in [2.24, 2.45) is 5.41 Å². The van der Waals surface area contributed by atoms with E-state index in [1.165, 1.54) is 7.11 Å². The maximum atomic E-state index is 12.1. The van der Waals surface area contributed by atoms with Crippen LogP contribution in [-0.4, -0.2) is 70.2 Å². The molecule has 0 saturated carbocycles. The molecule has 0 aliphatic carbocycles. The molecule has 0 spiro atoms. The molecule has 5 atom stereocenters. The van der Waals surface area contributed by atoms with E-state index >= 15 is 0 Å². The molecule has 1 fully saturated rings. The van der Waals surface area contributed by atoms with Gasteiger partial charge in [0.1, 0.15) is 31.0 Å². The average Bonchev–Trinajstić information content (AvgIpc) is 2.49. The van der Waals surface area contributed by atoms with Crippen LogP contribution in [-0.2, 0) is 33.2 Å². The van der Waals surface area contributed by atoms with Gasteiger partial charge in [-0.1, -0.05) is 0 Å². The minimum atomic E-state index is -0.645. The van der Waals surface area contributed by atoms with Crippen LogP contribution in [0, 0.1) is 5.41 Å². The van der Waals surface area contributed by atoms with Crippen molar-refractivity contribution in [2.45, 2.75) is 77.8 Å². The first-order chi connectivity index (χ1) is 11.4. The summed E-state index contributed by atoms with van der Waals surface area (Å²) >= 11 is 0. The number of hydrogen-bond acceptors (Lipinski definition) is 7. The lowest BCUT2D eigenvalue weighted by Crippen LogP contribution is -2.62. The van der Waals surface area contributed by atoms with Crippen molar-refractivity contribution in [3.63, 3.8) is 0 Å². The molecule has 1 saturated heterocycles. The number of hydrogen-bond donors (Lipinski definition) is 0. The van der Waals surface area contributed by atoms with Crippen LogP contribution >= 0.6 is 0 Å². The molecule has 0 amide bonds. The fourth-order valence-electron chi connectivity index (χ4n) is 2.64. The Kier molecular flexibility index (Phi) is 7.83. The van der Waals surface area contributed by atoms with Crippen LogP contribution in [0.2, 0.25) is 0 Å². The van der Waals surface area contributed by atoms with Crippen molar-refractivity contribution in [1.29, 1.82) is 0 Å². The van der Waals surface area contributed by atoms with Crippen molar-refractivity contribution in [3.8, 4) is 0 Å². The molecule has 25 heavy (non-hydrogen) atoms. The summed E-state index contributed by atoms with van der Waals surface area (Å²) in [6.07, 6.45) is -2.55. The third kappa shape index (κ3) is 6.18. The number of carbonyl (C=O) groups excluding carboxylic acids is 1. The summed E-state index contributed by atoms with van der Waals surface area (Å²) in [5.41, 5.74) is -1.03. The second-order valence-corrected chi connectivity index (χ2v) is 8.22. The maximum Gasteiger partial charge on any atom is 0.311 e. The van der Waals surface area contributed by atoms with E-state index in [1.54, 1.807) is 35.0 Å². The molecule has 1 heterocycles. The van der Waals surface area contributed by atoms with Gasteiger partial charge in [0.25, 0.3) is 0 Å². The average molecular weight is 362 g/mol. The minimum absolute atomic E-state index is 0.0486. The van der Waals surface area contributed by atoms with Gasteiger partial charge in [-0.15, -0.1) is 0 Å². The highest BCUT2D eigenvalue weighted by molar-refractivity contribution is 5.75. The minimum Gasteiger partial charge on any atom is -0.462 e. The molecule has 0 radical (unpaired) electrons. The van der Waals surface area contributed by atoms with E-state index in [9.17, 15) is 4.79 Å². The predicted octanol–water partition coefficient (Wildman–Crippen LogP) is 2.16. The standard InChI is InChI=1S/C18H34O7/c1-17(2,3)16(19)23-10-11-12(25-18(4,5)6)13(20-7)14(21-8)15(22-9)24-11/h11-15H,10H2,1-9H3/t11-,12-,13+,14-,15+/m1/s1. The Labute approximate surface area is 151 Å². The van der Waals surface area contributed by atoms with E-state index in [4.69, 9.17) is 28.4 Å². The van der Waals surface area contributed by atoms with E-state index in [-0.39, 0.29) is 12.6 Å². The molecule has 0 unspecified atom stereocenters. The zero-order valence-corrected chi connectivity index (χ0v) is 17.0. The van der Waals surface area contributed by atoms with Gasteiger partial charge in [0.15, 0.2) is 6.29 Å². The number of ether oxygens (including phenoxy) is 6. The lowest BCUT2D eigenvalue weighted by atomic mass is 9.96. The molecule has 1 aliphatic rings. The van der Waals surface area contributed by atoms with Crippen molar-refractivity contribution >= 4 is 5.97 Å². The molecule has 0 aromatic rings. The summed E-state index contributed by atoms with van der Waals surface area (Å²) in [6, 6.07) is 0. The summed E-state index contributed by atoms with van der Waals surface area (Å²) < 4.78 is 34.1. The first-order valence-electron chi connectivity index (χ1n) is 8.53. The van der Waals surface area contributed by atoms with E-state index in [0.717, 1.165) is 0 Å². The molecule has 0 N–H and O–H groups in total. The highest BCUT2D eigenvalue weighted by Gasteiger charge is 2.49. The summed E-state index contributed by atoms with van der Waals surface area (Å²) in [4.78, 5) is 12.1. The Balaban J connectivity index is 3.01. The molecular weight excluding hydrogens is 328 g/mol. The molecule has 1 rings (SSSR count). The number of rotatable bonds is 6. The second-order valence-electron chi connectivity index (χ2n) is 8.22. The van der Waals surface area contributed by atoms with E-state index in [1.807, 2.05) is 20.8 Å². The van der Waals surface area contributed by atoms with Crippen LogP contribution in [0.1, 0.15) is 41.5 Å². The fraction of sp³-hybridized carbons (Fsp3) is 0.944. The van der Waals surface area contributed by atoms with Crippen molar-refractivity contribution in [1.82, 2.24) is 0 Å². The topological polar surface area (TPSA) is 72.5 Å². The Bertz CT molecular complexity index is 424. The molecule has 1 aliphatic heterocycles. The largest absolute Gasteiger partial charge is 0.462 e. The number of methoxy groups -OCH3 is 3. The third-order valence-corrected chi connectivity index (χ3v) is 3.85. The molecular formula is C18H34O7. The molecule has 148 valence electrons. The number of carbonyl (C=O) groups is 1. The Morgan fingerprint density at radius 1 is 0.880 bits per heavy atom. The summed E-state index contributed by atoms with van der Waals surface area (Å²) in [5, 5.41) is 0. The molecule has 7 heteroatoms. The van der Waals surface area contributed by atoms with Gasteiger partial charge in [-0.2, -0.15) is 0 Å². The lowest BCUT2D eigenvalue weighted by Gasteiger charge is -2.46. The Hall–Kier alpha value is -0.730. The normalized spacial score (nSPS) is 31.0. The highest BCUT2D eigenvalue weighted by Crippen LogP contribution is 2.31. The summed E-state index contributed by atoms with van der Waals surface area (Å²) in [6.45, 7) is 11.3. The Morgan fingerprint density at radius 2 is 1.44 bits per heavy atom. The SMILES string of the molecule is CO[C@H]1O[C@H](COC(=O)C(C)(C)C)[C@@H](OC(C)(C)C)[C@H](OC)[C@H]1OC. The van der Waals surface area contributed by atoms with Crippen LogP contribution in [0.4, 0.5) is 0 Å². The predicted molar refractivity (Wildman–Crippen MR) is 92.3 cm³/mol. The van der Waals surface area contributed by atoms with Crippen molar-refractivity contribution < 1.29 is 33.2 Å². The summed E-state index contributed by atoms with van der Waals surface area (Å²) in [5.74, 6) is -0.303. The third-order valence-electron chi connectivity index (χ3n) is 3.85. The highest BCUT2D eigenvalue weighted by atomic mass is 16.7. The molecule has 0 bridgehead atoms. The van der Waals surface area contributed by atoms with Gasteiger partial charge in [-0.25, -0.2) is 0 Å². The summed E-state index contributed by atoms with van der Waals surface area (Å²) in [7, 11) is 4.69. The fourth-order valence-corrected chi connectivity index (χ4v) is 2.64. The van der Waals surface area contributed by atoms with Crippen LogP contribution < -0.4 is 0 Å². The van der Waals surface area contributed by atoms with Crippen LogP contribution in [0.3, 0.4) is 0 Å². The lowest BCUT2D eigenvalue weighted by molar-refractivity contribution is -0.320. The smallest absolute Gasteiger partial charge is 0.311 e. The van der Waals surface area contributed by atoms with Crippen LogP contribution in [0.5, 0.6) is 0 Å². The van der Waals surface area contributed by atoms with Gasteiger partial charge in [-0.3, -0.25) is 4.79 Å². The van der Waals surface area contributed by atoms with Gasteiger partial charge in [0, 0.05) is 21.3 Å². The van der Waals surface area contributed by atoms with Crippen molar-refractivity contribution in [3.05, 3.63) is 0 Å². The zero-order chi connectivity index (χ0) is 19.4. The quantitative estimate of drug-likeness (QED) is 0.671. The van der Waals surface area contributed by atoms with Gasteiger partial charge < -0.3 is 28.4 Å². The zero-order valence-electron chi connectivity index (χ0n) is 17.0. The van der Waals surface area contributed by atoms with Gasteiger partial charge >= 0.3 is 5.97 Å². The van der Waals surface area contributed by atoms with Gasteiger partial charge in [-0.05, 0) is 41.5 Å². The van der Waals surface area contributed by atoms with Gasteiger partial charge in [0.2, 0.25) is 0 Å². The molecule has 7 nitrogen and oxygen atoms in total. The van der Waals surface area contributed by atoms with Gasteiger partial charge in [0.05, 0.1) is 11.0 Å². The van der Waals surface area contributed by atoms with Crippen LogP contribution in [0.15, 0.2) is 0 Å². The molecule has 0 aromatic heterocycles. The number of esters is 1. The Morgan fingerprint density at radius 3 is 1.84 bits per heavy atom. The first-order valence-corrected chi connectivity index (χ1v) is 8.53. The van der Waals surface area contributed by atoms with E-state index in [0.29, 0.717) is 0 Å². The monoisotopic (exact) mass is 362 g/mol. The first kappa shape index (κ1) is 22.3.